The molecular formula is C14H18N2O3. The average Bonchev–Trinajstić information content (AvgIpc) is 2.38. The Balaban J connectivity index is 2.67. The predicted octanol–water partition coefficient (Wildman–Crippen LogP) is 1.56. The van der Waals surface area contributed by atoms with Crippen LogP contribution in [-0.4, -0.2) is 38.2 Å². The Kier molecular flexibility index (Phi) is 5.83. The van der Waals surface area contributed by atoms with Crippen molar-refractivity contribution in [2.75, 3.05) is 27.3 Å². The van der Waals surface area contributed by atoms with E-state index in [1.54, 1.807) is 19.1 Å². The Morgan fingerprint density at radius 1 is 1.47 bits per heavy atom. The SMILES string of the molecule is CCOC(=O)CN(C)Cc1ccc(OC)c(C#N)c1. The van der Waals surface area contributed by atoms with Crippen LogP contribution in [0.25, 0.3) is 0 Å². The van der Waals surface area contributed by atoms with E-state index in [1.807, 2.05) is 18.0 Å². The molecule has 0 fully saturated rings. The lowest BCUT2D eigenvalue weighted by Gasteiger charge is -2.16. The Morgan fingerprint density at radius 2 is 2.21 bits per heavy atom. The van der Waals surface area contributed by atoms with Gasteiger partial charge in [0.25, 0.3) is 0 Å². The molecule has 1 aromatic carbocycles. The molecule has 1 aromatic rings. The number of esters is 1. The summed E-state index contributed by atoms with van der Waals surface area (Å²) in [5.41, 5.74) is 1.44. The highest BCUT2D eigenvalue weighted by atomic mass is 16.5. The van der Waals surface area contributed by atoms with E-state index in [0.29, 0.717) is 24.5 Å². The molecule has 0 aliphatic rings. The monoisotopic (exact) mass is 262 g/mol. The van der Waals surface area contributed by atoms with E-state index in [9.17, 15) is 4.79 Å². The standard InChI is InChI=1S/C14H18N2O3/c1-4-19-14(17)10-16(2)9-11-5-6-13(18-3)12(7-11)8-15/h5-7H,4,9-10H2,1-3H3. The smallest absolute Gasteiger partial charge is 0.320 e. The zero-order chi connectivity index (χ0) is 14.3. The molecule has 0 atom stereocenters. The minimum atomic E-state index is -0.251. The van der Waals surface area contributed by atoms with Gasteiger partial charge in [-0.15, -0.1) is 0 Å². The molecule has 0 amide bonds. The van der Waals surface area contributed by atoms with Crippen LogP contribution in [0.15, 0.2) is 18.2 Å². The molecule has 5 nitrogen and oxygen atoms in total. The zero-order valence-corrected chi connectivity index (χ0v) is 11.5. The van der Waals surface area contributed by atoms with Crippen LogP contribution in [0.2, 0.25) is 0 Å². The van der Waals surface area contributed by atoms with Gasteiger partial charge in [-0.25, -0.2) is 0 Å². The molecule has 0 N–H and O–H groups in total. The van der Waals surface area contributed by atoms with E-state index >= 15 is 0 Å². The van der Waals surface area contributed by atoms with Crippen molar-refractivity contribution >= 4 is 5.97 Å². The summed E-state index contributed by atoms with van der Waals surface area (Å²) < 4.78 is 9.96. The van der Waals surface area contributed by atoms with Crippen molar-refractivity contribution in [3.05, 3.63) is 29.3 Å². The number of likely N-dealkylation sites (N-methyl/N-ethyl adjacent to an activating group) is 1. The summed E-state index contributed by atoms with van der Waals surface area (Å²) in [5.74, 6) is 0.304. The second-order valence-electron chi connectivity index (χ2n) is 4.12. The molecule has 0 bridgehead atoms. The molecule has 0 aromatic heterocycles. The summed E-state index contributed by atoms with van der Waals surface area (Å²) in [6.07, 6.45) is 0. The fourth-order valence-electron chi connectivity index (χ4n) is 1.74. The molecule has 0 spiro atoms. The highest BCUT2D eigenvalue weighted by Crippen LogP contribution is 2.19. The molecule has 0 aliphatic heterocycles. The molecule has 102 valence electrons. The number of ether oxygens (including phenoxy) is 2. The van der Waals surface area contributed by atoms with Crippen LogP contribution in [-0.2, 0) is 16.1 Å². The van der Waals surface area contributed by atoms with Crippen molar-refractivity contribution in [2.45, 2.75) is 13.5 Å². The van der Waals surface area contributed by atoms with E-state index in [1.165, 1.54) is 7.11 Å². The number of carbonyl (C=O) groups is 1. The minimum absolute atomic E-state index is 0.224. The van der Waals surface area contributed by atoms with Gasteiger partial charge in [-0.05, 0) is 31.7 Å². The summed E-state index contributed by atoms with van der Waals surface area (Å²) in [5, 5.41) is 9.01. The van der Waals surface area contributed by atoms with E-state index < -0.39 is 0 Å². The topological polar surface area (TPSA) is 62.6 Å². The number of benzene rings is 1. The molecule has 1 rings (SSSR count). The molecule has 0 radical (unpaired) electrons. The van der Waals surface area contributed by atoms with Crippen molar-refractivity contribution in [1.82, 2.24) is 4.90 Å². The average molecular weight is 262 g/mol. The van der Waals surface area contributed by atoms with Crippen LogP contribution in [0, 0.1) is 11.3 Å². The zero-order valence-electron chi connectivity index (χ0n) is 11.5. The maximum absolute atomic E-state index is 11.3. The van der Waals surface area contributed by atoms with Gasteiger partial charge in [-0.2, -0.15) is 5.26 Å². The Morgan fingerprint density at radius 3 is 2.79 bits per heavy atom. The maximum atomic E-state index is 11.3. The van der Waals surface area contributed by atoms with E-state index in [2.05, 4.69) is 6.07 Å². The van der Waals surface area contributed by atoms with Crippen LogP contribution >= 0.6 is 0 Å². The first kappa shape index (κ1) is 15.0. The molecule has 0 unspecified atom stereocenters. The first-order valence-corrected chi connectivity index (χ1v) is 6.01. The largest absolute Gasteiger partial charge is 0.495 e. The minimum Gasteiger partial charge on any atom is -0.495 e. The molecule has 0 saturated carbocycles. The summed E-state index contributed by atoms with van der Waals surface area (Å²) >= 11 is 0. The number of hydrogen-bond donors (Lipinski definition) is 0. The number of hydrogen-bond acceptors (Lipinski definition) is 5. The second-order valence-corrected chi connectivity index (χ2v) is 4.12. The molecule has 19 heavy (non-hydrogen) atoms. The number of rotatable bonds is 6. The van der Waals surface area contributed by atoms with Crippen LogP contribution < -0.4 is 4.74 Å². The van der Waals surface area contributed by atoms with Gasteiger partial charge in [0.2, 0.25) is 0 Å². The molecule has 0 aliphatic carbocycles. The van der Waals surface area contributed by atoms with Crippen LogP contribution in [0.1, 0.15) is 18.1 Å². The Hall–Kier alpha value is -2.06. The quantitative estimate of drug-likeness (QED) is 0.728. The van der Waals surface area contributed by atoms with Crippen molar-refractivity contribution < 1.29 is 14.3 Å². The molecule has 5 heteroatoms. The third-order valence-electron chi connectivity index (χ3n) is 2.54. The first-order valence-electron chi connectivity index (χ1n) is 6.01. The van der Waals surface area contributed by atoms with Crippen LogP contribution in [0.3, 0.4) is 0 Å². The summed E-state index contributed by atoms with van der Waals surface area (Å²) in [6, 6.07) is 7.48. The normalized spacial score (nSPS) is 10.1. The van der Waals surface area contributed by atoms with E-state index in [-0.39, 0.29) is 12.5 Å². The lowest BCUT2D eigenvalue weighted by atomic mass is 10.1. The van der Waals surface area contributed by atoms with Gasteiger partial charge in [0.05, 0.1) is 25.8 Å². The van der Waals surface area contributed by atoms with Gasteiger partial charge >= 0.3 is 5.97 Å². The lowest BCUT2D eigenvalue weighted by Crippen LogP contribution is -2.27. The van der Waals surface area contributed by atoms with Gasteiger partial charge in [-0.1, -0.05) is 6.07 Å². The van der Waals surface area contributed by atoms with Gasteiger partial charge < -0.3 is 9.47 Å². The van der Waals surface area contributed by atoms with Crippen LogP contribution in [0.5, 0.6) is 5.75 Å². The second kappa shape index (κ2) is 7.39. The summed E-state index contributed by atoms with van der Waals surface area (Å²) in [7, 11) is 3.36. The Labute approximate surface area is 113 Å². The summed E-state index contributed by atoms with van der Waals surface area (Å²) in [4.78, 5) is 13.2. The van der Waals surface area contributed by atoms with Crippen LogP contribution in [0.4, 0.5) is 0 Å². The van der Waals surface area contributed by atoms with Gasteiger partial charge in [0, 0.05) is 6.54 Å². The van der Waals surface area contributed by atoms with Gasteiger partial charge in [0.1, 0.15) is 11.8 Å². The number of carbonyl (C=O) groups excluding carboxylic acids is 1. The highest BCUT2D eigenvalue weighted by molar-refractivity contribution is 5.71. The molecule has 0 heterocycles. The Bertz CT molecular complexity index is 480. The fourth-order valence-corrected chi connectivity index (χ4v) is 1.74. The van der Waals surface area contributed by atoms with Gasteiger partial charge in [-0.3, -0.25) is 9.69 Å². The first-order chi connectivity index (χ1) is 9.10. The predicted molar refractivity (Wildman–Crippen MR) is 70.7 cm³/mol. The van der Waals surface area contributed by atoms with Crippen molar-refractivity contribution in [2.24, 2.45) is 0 Å². The lowest BCUT2D eigenvalue weighted by molar-refractivity contribution is -0.144. The third kappa shape index (κ3) is 4.60. The van der Waals surface area contributed by atoms with Crippen molar-refractivity contribution in [3.63, 3.8) is 0 Å². The van der Waals surface area contributed by atoms with E-state index in [0.717, 1.165) is 5.56 Å². The molecular weight excluding hydrogens is 244 g/mol. The maximum Gasteiger partial charge on any atom is 0.320 e. The van der Waals surface area contributed by atoms with Crippen molar-refractivity contribution in [3.8, 4) is 11.8 Å². The van der Waals surface area contributed by atoms with E-state index in [4.69, 9.17) is 14.7 Å². The van der Waals surface area contributed by atoms with Gasteiger partial charge in [0.15, 0.2) is 0 Å². The fraction of sp³-hybridized carbons (Fsp3) is 0.429. The van der Waals surface area contributed by atoms with Crippen molar-refractivity contribution in [1.29, 1.82) is 5.26 Å². The number of methoxy groups -OCH3 is 1. The molecule has 0 saturated heterocycles. The highest BCUT2D eigenvalue weighted by Gasteiger charge is 2.09. The number of nitriles is 1. The third-order valence-corrected chi connectivity index (χ3v) is 2.54. The summed E-state index contributed by atoms with van der Waals surface area (Å²) in [6.45, 7) is 2.95. The number of nitrogens with zero attached hydrogens (tertiary/aromatic N) is 2.